The van der Waals surface area contributed by atoms with E-state index in [-0.39, 0.29) is 12.1 Å². The number of rotatable bonds is 5. The van der Waals surface area contributed by atoms with Crippen molar-refractivity contribution < 1.29 is 9.59 Å². The molecule has 1 atom stereocenters. The van der Waals surface area contributed by atoms with Gasteiger partial charge in [0.15, 0.2) is 5.16 Å². The van der Waals surface area contributed by atoms with Crippen LogP contribution < -0.4 is 16.2 Å². The zero-order valence-corrected chi connectivity index (χ0v) is 20.6. The Hall–Kier alpha value is -2.72. The summed E-state index contributed by atoms with van der Waals surface area (Å²) in [6, 6.07) is 4.94. The molecule has 3 aromatic rings. The highest BCUT2D eigenvalue weighted by atomic mass is 32.2. The van der Waals surface area contributed by atoms with Gasteiger partial charge < -0.3 is 5.32 Å². The van der Waals surface area contributed by atoms with Crippen LogP contribution >= 0.6 is 23.1 Å². The third-order valence-corrected chi connectivity index (χ3v) is 6.87. The predicted molar refractivity (Wildman–Crippen MR) is 128 cm³/mol. The molecule has 0 bridgehead atoms. The first-order chi connectivity index (χ1) is 15.0. The monoisotopic (exact) mass is 473 g/mol. The summed E-state index contributed by atoms with van der Waals surface area (Å²) in [4.78, 5) is 48.8. The molecule has 1 unspecified atom stereocenters. The zero-order chi connectivity index (χ0) is 23.6. The van der Waals surface area contributed by atoms with Crippen LogP contribution in [0.2, 0.25) is 0 Å². The molecule has 3 aromatic heterocycles. The molecule has 0 radical (unpaired) electrons. The minimum atomic E-state index is -0.651. The Bertz CT molecular complexity index is 1210. The van der Waals surface area contributed by atoms with Crippen LogP contribution in [0.5, 0.6) is 0 Å². The van der Waals surface area contributed by atoms with E-state index in [4.69, 9.17) is 4.98 Å². The molecule has 32 heavy (non-hydrogen) atoms. The molecular formula is C22H27N5O3S2. The molecule has 0 fully saturated rings. The normalized spacial score (nSPS) is 12.6. The van der Waals surface area contributed by atoms with Gasteiger partial charge >= 0.3 is 6.03 Å². The summed E-state index contributed by atoms with van der Waals surface area (Å²) in [5, 5.41) is 5.41. The van der Waals surface area contributed by atoms with Gasteiger partial charge in [0.2, 0.25) is 5.91 Å². The van der Waals surface area contributed by atoms with Crippen molar-refractivity contribution in [2.75, 3.05) is 0 Å². The van der Waals surface area contributed by atoms with E-state index in [9.17, 15) is 14.4 Å². The van der Waals surface area contributed by atoms with E-state index in [1.54, 1.807) is 17.7 Å². The lowest BCUT2D eigenvalue weighted by molar-refractivity contribution is -0.119. The molecule has 3 rings (SSSR count). The minimum absolute atomic E-state index is 0.164. The SMILES string of the molecule is Cc1sc2nc(SC(C)C(=O)NC(=O)NC(C)(C)C)n(Cc3ccccn3)c(=O)c2c1C. The summed E-state index contributed by atoms with van der Waals surface area (Å²) in [5.74, 6) is -0.464. The van der Waals surface area contributed by atoms with Gasteiger partial charge in [0.05, 0.1) is 22.9 Å². The number of thioether (sulfide) groups is 1. The fourth-order valence-electron chi connectivity index (χ4n) is 2.99. The Balaban J connectivity index is 1.94. The van der Waals surface area contributed by atoms with Crippen molar-refractivity contribution in [3.63, 3.8) is 0 Å². The number of imide groups is 1. The average molecular weight is 474 g/mol. The number of urea groups is 1. The Morgan fingerprint density at radius 2 is 1.97 bits per heavy atom. The smallest absolute Gasteiger partial charge is 0.321 e. The first kappa shape index (κ1) is 23.9. The van der Waals surface area contributed by atoms with Crippen molar-refractivity contribution in [1.82, 2.24) is 25.2 Å². The quantitative estimate of drug-likeness (QED) is 0.433. The summed E-state index contributed by atoms with van der Waals surface area (Å²) in [7, 11) is 0. The molecule has 3 heterocycles. The van der Waals surface area contributed by atoms with Gasteiger partial charge in [-0.15, -0.1) is 11.3 Å². The number of hydrogen-bond acceptors (Lipinski definition) is 7. The molecule has 0 saturated heterocycles. The number of aryl methyl sites for hydroxylation is 2. The molecule has 0 aliphatic carbocycles. The van der Waals surface area contributed by atoms with Gasteiger partial charge in [-0.3, -0.25) is 24.5 Å². The molecule has 8 nitrogen and oxygen atoms in total. The summed E-state index contributed by atoms with van der Waals surface area (Å²) < 4.78 is 1.55. The first-order valence-corrected chi connectivity index (χ1v) is 11.9. The molecule has 0 aliphatic heterocycles. The summed E-state index contributed by atoms with van der Waals surface area (Å²) in [6.07, 6.45) is 1.67. The first-order valence-electron chi connectivity index (χ1n) is 10.2. The maximum absolute atomic E-state index is 13.4. The van der Waals surface area contributed by atoms with Crippen molar-refractivity contribution in [1.29, 1.82) is 0 Å². The van der Waals surface area contributed by atoms with E-state index < -0.39 is 22.7 Å². The molecule has 0 aliphatic rings. The van der Waals surface area contributed by atoms with Gasteiger partial charge in [0.25, 0.3) is 5.56 Å². The number of nitrogens with one attached hydrogen (secondary N) is 2. The Morgan fingerprint density at radius 1 is 1.25 bits per heavy atom. The van der Waals surface area contributed by atoms with Gasteiger partial charge in [0.1, 0.15) is 4.83 Å². The van der Waals surface area contributed by atoms with Crippen LogP contribution in [0.25, 0.3) is 10.2 Å². The van der Waals surface area contributed by atoms with E-state index in [0.29, 0.717) is 21.1 Å². The maximum atomic E-state index is 13.4. The summed E-state index contributed by atoms with van der Waals surface area (Å²) >= 11 is 2.60. The number of hydrogen-bond donors (Lipinski definition) is 2. The van der Waals surface area contributed by atoms with Crippen molar-refractivity contribution in [2.24, 2.45) is 0 Å². The van der Waals surface area contributed by atoms with Crippen LogP contribution in [0.15, 0.2) is 34.3 Å². The Kier molecular flexibility index (Phi) is 7.04. The van der Waals surface area contributed by atoms with Crippen molar-refractivity contribution >= 4 is 45.3 Å². The standard InChI is InChI=1S/C22H27N5O3S2/c1-12-13(2)31-18-16(12)19(29)27(11-15-9-7-8-10-23-15)21(25-18)32-14(3)17(28)24-20(30)26-22(4,5)6/h7-10,14H,11H2,1-6H3,(H2,24,26,28,30). The fourth-order valence-corrected chi connectivity index (χ4v) is 4.97. The topological polar surface area (TPSA) is 106 Å². The van der Waals surface area contributed by atoms with Crippen LogP contribution in [0.1, 0.15) is 43.8 Å². The molecular weight excluding hydrogens is 446 g/mol. The van der Waals surface area contributed by atoms with E-state index in [1.165, 1.54) is 11.3 Å². The van der Waals surface area contributed by atoms with Gasteiger partial charge in [-0.25, -0.2) is 9.78 Å². The van der Waals surface area contributed by atoms with Crippen LogP contribution in [0, 0.1) is 13.8 Å². The molecule has 3 amide bonds. The highest BCUT2D eigenvalue weighted by molar-refractivity contribution is 8.00. The number of thiophene rings is 1. The number of nitrogens with zero attached hydrogens (tertiary/aromatic N) is 3. The van der Waals surface area contributed by atoms with Crippen molar-refractivity contribution in [3.8, 4) is 0 Å². The third-order valence-electron chi connectivity index (χ3n) is 4.68. The van der Waals surface area contributed by atoms with Gasteiger partial charge in [0, 0.05) is 16.6 Å². The van der Waals surface area contributed by atoms with Gasteiger partial charge in [-0.05, 0) is 59.2 Å². The second kappa shape index (κ2) is 9.41. The molecule has 170 valence electrons. The fraction of sp³-hybridized carbons (Fsp3) is 0.409. The lowest BCUT2D eigenvalue weighted by atomic mass is 10.1. The predicted octanol–water partition coefficient (Wildman–Crippen LogP) is 3.62. The molecule has 10 heteroatoms. The minimum Gasteiger partial charge on any atom is -0.333 e. The zero-order valence-electron chi connectivity index (χ0n) is 19.0. The number of pyridine rings is 1. The Morgan fingerprint density at radius 3 is 2.59 bits per heavy atom. The molecule has 2 N–H and O–H groups in total. The van der Waals surface area contributed by atoms with Gasteiger partial charge in [-0.2, -0.15) is 0 Å². The lowest BCUT2D eigenvalue weighted by Gasteiger charge is -2.21. The van der Waals surface area contributed by atoms with E-state index in [0.717, 1.165) is 22.2 Å². The summed E-state index contributed by atoms with van der Waals surface area (Å²) in [6.45, 7) is 11.3. The largest absolute Gasteiger partial charge is 0.333 e. The maximum Gasteiger partial charge on any atom is 0.321 e. The number of aromatic nitrogens is 3. The number of carbonyl (C=O) groups excluding carboxylic acids is 2. The Labute approximate surface area is 194 Å². The van der Waals surface area contributed by atoms with Crippen LogP contribution in [0.4, 0.5) is 4.79 Å². The number of fused-ring (bicyclic) bond motifs is 1. The molecule has 0 saturated carbocycles. The van der Waals surface area contributed by atoms with Crippen LogP contribution in [0.3, 0.4) is 0 Å². The van der Waals surface area contributed by atoms with Crippen LogP contribution in [-0.2, 0) is 11.3 Å². The van der Waals surface area contributed by atoms with E-state index in [1.807, 2.05) is 52.8 Å². The number of amides is 3. The van der Waals surface area contributed by atoms with Crippen LogP contribution in [-0.4, -0.2) is 37.3 Å². The number of carbonyl (C=O) groups is 2. The molecule has 0 spiro atoms. The third kappa shape index (κ3) is 5.55. The second-order valence-electron chi connectivity index (χ2n) is 8.52. The van der Waals surface area contributed by atoms with Gasteiger partial charge in [-0.1, -0.05) is 17.8 Å². The van der Waals surface area contributed by atoms with Crippen molar-refractivity contribution in [2.45, 2.75) is 64.0 Å². The molecule has 0 aromatic carbocycles. The highest BCUT2D eigenvalue weighted by Gasteiger charge is 2.24. The second-order valence-corrected chi connectivity index (χ2v) is 11.0. The lowest BCUT2D eigenvalue weighted by Crippen LogP contribution is -2.49. The summed E-state index contributed by atoms with van der Waals surface area (Å²) in [5.41, 5.74) is 0.996. The highest BCUT2D eigenvalue weighted by Crippen LogP contribution is 2.30. The van der Waals surface area contributed by atoms with Crippen molar-refractivity contribution in [3.05, 3.63) is 50.9 Å². The average Bonchev–Trinajstić information content (AvgIpc) is 2.97. The van der Waals surface area contributed by atoms with E-state index >= 15 is 0 Å². The van der Waals surface area contributed by atoms with E-state index in [2.05, 4.69) is 15.6 Å².